The first-order chi connectivity index (χ1) is 18.9. The number of hydrogen-bond acceptors (Lipinski definition) is 6. The smallest absolute Gasteiger partial charge is 0.320 e. The number of rotatable bonds is 9. The van der Waals surface area contributed by atoms with E-state index in [4.69, 9.17) is 14.5 Å². The summed E-state index contributed by atoms with van der Waals surface area (Å²) in [4.78, 5) is 21.9. The summed E-state index contributed by atoms with van der Waals surface area (Å²) < 4.78 is 11.1. The number of esters is 1. The lowest BCUT2D eigenvalue weighted by Gasteiger charge is -2.27. The second kappa shape index (κ2) is 12.6. The topological polar surface area (TPSA) is 54.4 Å². The number of ether oxygens (including phenoxy) is 2. The molecular formula is C34H45N3O3. The van der Waals surface area contributed by atoms with Gasteiger partial charge in [0.05, 0.1) is 18.9 Å². The number of carbonyl (C=O) groups excluding carboxylic acids is 1. The van der Waals surface area contributed by atoms with Crippen LogP contribution < -0.4 is 0 Å². The number of benzene rings is 2. The van der Waals surface area contributed by atoms with Crippen molar-refractivity contribution in [2.24, 2.45) is 10.9 Å². The van der Waals surface area contributed by atoms with E-state index >= 15 is 0 Å². The van der Waals surface area contributed by atoms with Crippen molar-refractivity contribution in [2.75, 3.05) is 40.8 Å². The van der Waals surface area contributed by atoms with Gasteiger partial charge in [0.25, 0.3) is 0 Å². The Labute approximate surface area is 240 Å². The van der Waals surface area contributed by atoms with E-state index in [1.54, 1.807) is 7.11 Å². The molecule has 0 spiro atoms. The van der Waals surface area contributed by atoms with Gasteiger partial charge in [0.2, 0.25) is 0 Å². The molecule has 6 heteroatoms. The zero-order valence-corrected chi connectivity index (χ0v) is 25.5. The van der Waals surface area contributed by atoms with Crippen LogP contribution in [0.1, 0.15) is 50.8 Å². The van der Waals surface area contributed by atoms with Crippen LogP contribution in [0.2, 0.25) is 0 Å². The lowest BCUT2D eigenvalue weighted by Crippen LogP contribution is -2.34. The molecule has 2 aromatic carbocycles. The highest BCUT2D eigenvalue weighted by Crippen LogP contribution is 2.32. The Morgan fingerprint density at radius 2 is 1.90 bits per heavy atom. The Morgan fingerprint density at radius 3 is 2.60 bits per heavy atom. The Kier molecular flexibility index (Phi) is 9.44. The number of nitrogens with zero attached hydrogens (tertiary/aromatic N) is 3. The molecule has 1 aliphatic heterocycles. The molecule has 0 saturated heterocycles. The van der Waals surface area contributed by atoms with E-state index in [9.17, 15) is 4.79 Å². The van der Waals surface area contributed by atoms with E-state index in [0.717, 1.165) is 30.8 Å². The van der Waals surface area contributed by atoms with E-state index in [1.165, 1.54) is 33.4 Å². The number of aryl methyl sites for hydroxylation is 1. The molecule has 6 nitrogen and oxygen atoms in total. The molecule has 0 fully saturated rings. The molecule has 2 unspecified atom stereocenters. The van der Waals surface area contributed by atoms with Crippen molar-refractivity contribution in [3.63, 3.8) is 0 Å². The van der Waals surface area contributed by atoms with Crippen molar-refractivity contribution >= 4 is 11.7 Å². The number of hydrogen-bond donors (Lipinski definition) is 0. The van der Waals surface area contributed by atoms with Gasteiger partial charge in [-0.2, -0.15) is 0 Å². The number of allylic oxidation sites excluding steroid dienone is 1. The fourth-order valence-corrected chi connectivity index (χ4v) is 5.70. The number of methoxy groups -OCH3 is 1. The molecular weight excluding hydrogens is 498 g/mol. The maximum absolute atomic E-state index is 12.3. The summed E-state index contributed by atoms with van der Waals surface area (Å²) in [6.07, 6.45) is 5.60. The molecule has 0 N–H and O–H groups in total. The number of carbonyl (C=O) groups is 1. The predicted molar refractivity (Wildman–Crippen MR) is 164 cm³/mol. The van der Waals surface area contributed by atoms with Crippen LogP contribution in [0.4, 0.5) is 0 Å². The molecule has 2 aromatic rings. The first-order valence-corrected chi connectivity index (χ1v) is 14.2. The quantitative estimate of drug-likeness (QED) is 0.361. The first-order valence-electron chi connectivity index (χ1n) is 14.2. The van der Waals surface area contributed by atoms with Crippen molar-refractivity contribution in [2.45, 2.75) is 59.4 Å². The predicted octanol–water partition coefficient (Wildman–Crippen LogP) is 6.04. The average Bonchev–Trinajstić information content (AvgIpc) is 3.24. The third-order valence-corrected chi connectivity index (χ3v) is 7.29. The van der Waals surface area contributed by atoms with Crippen molar-refractivity contribution < 1.29 is 14.3 Å². The van der Waals surface area contributed by atoms with Gasteiger partial charge < -0.3 is 9.47 Å². The molecule has 2 atom stereocenters. The summed E-state index contributed by atoms with van der Waals surface area (Å²) in [7, 11) is 5.86. The molecule has 1 heterocycles. The monoisotopic (exact) mass is 543 g/mol. The van der Waals surface area contributed by atoms with Crippen LogP contribution in [-0.4, -0.2) is 74.1 Å². The summed E-state index contributed by atoms with van der Waals surface area (Å²) >= 11 is 0. The maximum atomic E-state index is 12.3. The van der Waals surface area contributed by atoms with Crippen LogP contribution in [0.5, 0.6) is 0 Å². The second-order valence-corrected chi connectivity index (χ2v) is 12.4. The molecule has 2 aliphatic rings. The Balaban J connectivity index is 1.53. The summed E-state index contributed by atoms with van der Waals surface area (Å²) in [5, 5.41) is 0. The van der Waals surface area contributed by atoms with Crippen LogP contribution in [-0.2, 0) is 20.9 Å². The third kappa shape index (κ3) is 7.57. The van der Waals surface area contributed by atoms with Crippen molar-refractivity contribution in [3.8, 4) is 11.1 Å². The zero-order valence-electron chi connectivity index (χ0n) is 25.5. The fraction of sp³-hybridized carbons (Fsp3) is 0.471. The van der Waals surface area contributed by atoms with Crippen LogP contribution in [0.3, 0.4) is 0 Å². The van der Waals surface area contributed by atoms with E-state index in [2.05, 4.69) is 80.4 Å². The molecule has 0 aromatic heterocycles. The van der Waals surface area contributed by atoms with Crippen LogP contribution in [0.25, 0.3) is 11.1 Å². The van der Waals surface area contributed by atoms with Gasteiger partial charge in [-0.15, -0.1) is 0 Å². The summed E-state index contributed by atoms with van der Waals surface area (Å²) in [6, 6.07) is 15.1. The molecule has 214 valence electrons. The molecule has 0 saturated carbocycles. The average molecular weight is 544 g/mol. The highest BCUT2D eigenvalue weighted by molar-refractivity contribution is 6.04. The van der Waals surface area contributed by atoms with Gasteiger partial charge >= 0.3 is 5.97 Å². The number of likely N-dealkylation sites (N-methyl/N-ethyl adjacent to an activating group) is 2. The van der Waals surface area contributed by atoms with Gasteiger partial charge in [0.15, 0.2) is 0 Å². The largest absolute Gasteiger partial charge is 0.459 e. The minimum Gasteiger partial charge on any atom is -0.459 e. The van der Waals surface area contributed by atoms with Gasteiger partial charge in [-0.1, -0.05) is 61.0 Å². The Bertz CT molecular complexity index is 1320. The molecule has 40 heavy (non-hydrogen) atoms. The molecule has 1 aliphatic carbocycles. The molecule has 4 rings (SSSR count). The van der Waals surface area contributed by atoms with E-state index in [1.807, 2.05) is 32.7 Å². The highest BCUT2D eigenvalue weighted by Gasteiger charge is 2.29. The SMILES string of the molecule is COCc1cc(C2=NC(C3=CC(C)CC(CN(C)CC(=O)OC(C)(C)C)=C3)N(C)C2)ccc1-c1ccccc1C. The Morgan fingerprint density at radius 1 is 1.15 bits per heavy atom. The molecule has 0 radical (unpaired) electrons. The van der Waals surface area contributed by atoms with Crippen LogP contribution in [0.15, 0.2) is 70.8 Å². The lowest BCUT2D eigenvalue weighted by molar-refractivity contribution is -0.155. The lowest BCUT2D eigenvalue weighted by atomic mass is 9.90. The van der Waals surface area contributed by atoms with Crippen molar-refractivity contribution in [1.29, 1.82) is 0 Å². The van der Waals surface area contributed by atoms with Crippen LogP contribution >= 0.6 is 0 Å². The minimum absolute atomic E-state index is 0.0224. The highest BCUT2D eigenvalue weighted by atomic mass is 16.6. The summed E-state index contributed by atoms with van der Waals surface area (Å²) in [5.74, 6) is 0.223. The van der Waals surface area contributed by atoms with E-state index in [0.29, 0.717) is 12.5 Å². The normalized spacial score (nSPS) is 19.9. The second-order valence-electron chi connectivity index (χ2n) is 12.4. The summed E-state index contributed by atoms with van der Waals surface area (Å²) in [5.41, 5.74) is 9.18. The minimum atomic E-state index is -0.472. The van der Waals surface area contributed by atoms with E-state index < -0.39 is 5.60 Å². The zero-order chi connectivity index (χ0) is 29.0. The fourth-order valence-electron chi connectivity index (χ4n) is 5.70. The third-order valence-electron chi connectivity index (χ3n) is 7.29. The van der Waals surface area contributed by atoms with Gasteiger partial charge in [-0.25, -0.2) is 0 Å². The number of aliphatic imine (C=N–C) groups is 1. The Hall–Kier alpha value is -3.06. The van der Waals surface area contributed by atoms with Crippen molar-refractivity contribution in [1.82, 2.24) is 9.80 Å². The maximum Gasteiger partial charge on any atom is 0.320 e. The van der Waals surface area contributed by atoms with Crippen molar-refractivity contribution in [3.05, 3.63) is 82.5 Å². The van der Waals surface area contributed by atoms with Gasteiger partial charge in [-0.05, 0) is 93.6 Å². The van der Waals surface area contributed by atoms with Gasteiger partial charge in [0, 0.05) is 20.2 Å². The summed E-state index contributed by atoms with van der Waals surface area (Å²) in [6.45, 7) is 12.4. The molecule has 0 amide bonds. The van der Waals surface area contributed by atoms with Gasteiger partial charge in [-0.3, -0.25) is 19.6 Å². The van der Waals surface area contributed by atoms with Crippen LogP contribution in [0, 0.1) is 12.8 Å². The van der Waals surface area contributed by atoms with E-state index in [-0.39, 0.29) is 18.7 Å². The first kappa shape index (κ1) is 29.9. The molecule has 0 bridgehead atoms. The van der Waals surface area contributed by atoms with Gasteiger partial charge in [0.1, 0.15) is 11.8 Å². The standard InChI is InChI=1S/C34H45N3O3/c1-23-15-25(19-36(6)21-32(38)40-34(3,4)5)17-27(16-23)33-35-31(20-37(33)7)26-13-14-30(28(18-26)22-39-8)29-12-10-9-11-24(29)2/h9-14,16-18,23,33H,15,19-22H2,1-8H3.